The van der Waals surface area contributed by atoms with Gasteiger partial charge in [-0.05, 0) is 25.0 Å². The molecule has 21 heavy (non-hydrogen) atoms. The van der Waals surface area contributed by atoms with Gasteiger partial charge in [0.05, 0.1) is 6.10 Å². The molecule has 1 atom stereocenters. The number of aliphatic hydroxyl groups excluding tert-OH is 1. The zero-order valence-electron chi connectivity index (χ0n) is 11.9. The van der Waals surface area contributed by atoms with Crippen molar-refractivity contribution in [3.63, 3.8) is 0 Å². The summed E-state index contributed by atoms with van der Waals surface area (Å²) < 4.78 is 0. The maximum Gasteiger partial charge on any atom is 0.222 e. The van der Waals surface area contributed by atoms with Gasteiger partial charge in [0, 0.05) is 42.3 Å². The molecule has 5 heteroatoms. The lowest BCUT2D eigenvalue weighted by Crippen LogP contribution is -2.14. The molecule has 1 fully saturated rings. The molecule has 1 unspecified atom stereocenters. The monoisotopic (exact) mass is 284 g/mol. The van der Waals surface area contributed by atoms with E-state index >= 15 is 0 Å². The average Bonchev–Trinajstić information content (AvgIpc) is 3.08. The Morgan fingerprint density at radius 1 is 1.24 bits per heavy atom. The fourth-order valence-electron chi connectivity index (χ4n) is 2.79. The van der Waals surface area contributed by atoms with Gasteiger partial charge in [-0.1, -0.05) is 18.9 Å². The summed E-state index contributed by atoms with van der Waals surface area (Å²) in [6.07, 6.45) is 9.55. The van der Waals surface area contributed by atoms with Gasteiger partial charge >= 0.3 is 0 Å². The lowest BCUT2D eigenvalue weighted by Gasteiger charge is -2.13. The van der Waals surface area contributed by atoms with Crippen molar-refractivity contribution in [1.29, 1.82) is 0 Å². The number of hydrogen-bond donors (Lipinski definition) is 2. The largest absolute Gasteiger partial charge is 0.387 e. The van der Waals surface area contributed by atoms with Gasteiger partial charge in [-0.25, -0.2) is 9.97 Å². The van der Waals surface area contributed by atoms with Gasteiger partial charge < -0.3 is 10.4 Å². The summed E-state index contributed by atoms with van der Waals surface area (Å²) in [7, 11) is 0. The fraction of sp³-hybridized carbons (Fsp3) is 0.438. The zero-order valence-corrected chi connectivity index (χ0v) is 11.9. The Labute approximate surface area is 124 Å². The summed E-state index contributed by atoms with van der Waals surface area (Å²) >= 11 is 0. The van der Waals surface area contributed by atoms with Gasteiger partial charge in [0.25, 0.3) is 0 Å². The highest BCUT2D eigenvalue weighted by Gasteiger charge is 2.18. The minimum absolute atomic E-state index is 0.375. The zero-order chi connectivity index (χ0) is 14.5. The summed E-state index contributed by atoms with van der Waals surface area (Å²) in [6.45, 7) is 0.375. The topological polar surface area (TPSA) is 70.9 Å². The SMILES string of the molecule is OC(CNc1nccc(C2CCCC2)n1)c1cccnc1. The summed E-state index contributed by atoms with van der Waals surface area (Å²) in [4.78, 5) is 12.8. The van der Waals surface area contributed by atoms with Crippen LogP contribution in [0.4, 0.5) is 5.95 Å². The van der Waals surface area contributed by atoms with Crippen molar-refractivity contribution in [2.75, 3.05) is 11.9 Å². The third-order valence-corrected chi connectivity index (χ3v) is 3.97. The van der Waals surface area contributed by atoms with Crippen molar-refractivity contribution in [3.8, 4) is 0 Å². The predicted octanol–water partition coefficient (Wildman–Crippen LogP) is 2.67. The highest BCUT2D eigenvalue weighted by atomic mass is 16.3. The maximum atomic E-state index is 10.1. The normalized spacial score (nSPS) is 16.8. The molecule has 1 aliphatic carbocycles. The summed E-state index contributed by atoms with van der Waals surface area (Å²) in [5.74, 6) is 1.15. The highest BCUT2D eigenvalue weighted by Crippen LogP contribution is 2.32. The fourth-order valence-corrected chi connectivity index (χ4v) is 2.79. The molecule has 2 aromatic heterocycles. The molecular formula is C16H20N4O. The molecule has 0 spiro atoms. The van der Waals surface area contributed by atoms with Crippen LogP contribution >= 0.6 is 0 Å². The standard InChI is InChI=1S/C16H20N4O/c21-15(13-6-3-8-17-10-13)11-19-16-18-9-7-14(20-16)12-4-1-2-5-12/h3,6-10,12,15,21H,1-2,4-5,11H2,(H,18,19,20). The molecule has 3 rings (SSSR count). The van der Waals surface area contributed by atoms with E-state index in [4.69, 9.17) is 0 Å². The summed E-state index contributed by atoms with van der Waals surface area (Å²) in [5.41, 5.74) is 1.90. The van der Waals surface area contributed by atoms with Crippen LogP contribution in [0.5, 0.6) is 0 Å². The molecule has 0 bridgehead atoms. The van der Waals surface area contributed by atoms with Crippen molar-refractivity contribution in [2.24, 2.45) is 0 Å². The third-order valence-electron chi connectivity index (χ3n) is 3.97. The van der Waals surface area contributed by atoms with E-state index in [0.717, 1.165) is 11.3 Å². The molecule has 2 N–H and O–H groups in total. The van der Waals surface area contributed by atoms with Gasteiger partial charge in [0.2, 0.25) is 5.95 Å². The second-order valence-corrected chi connectivity index (χ2v) is 5.47. The number of hydrogen-bond acceptors (Lipinski definition) is 5. The first-order valence-electron chi connectivity index (χ1n) is 7.48. The summed E-state index contributed by atoms with van der Waals surface area (Å²) in [5, 5.41) is 13.2. The number of aliphatic hydroxyl groups is 1. The first-order valence-corrected chi connectivity index (χ1v) is 7.48. The van der Waals surface area contributed by atoms with Crippen LogP contribution in [0.2, 0.25) is 0 Å². The first kappa shape index (κ1) is 13.9. The van der Waals surface area contributed by atoms with Crippen LogP contribution in [0.3, 0.4) is 0 Å². The van der Waals surface area contributed by atoms with Crippen LogP contribution < -0.4 is 5.32 Å². The minimum atomic E-state index is -0.613. The minimum Gasteiger partial charge on any atom is -0.387 e. The molecule has 0 radical (unpaired) electrons. The van der Waals surface area contributed by atoms with Gasteiger partial charge in [-0.3, -0.25) is 4.98 Å². The van der Waals surface area contributed by atoms with Crippen molar-refractivity contribution in [2.45, 2.75) is 37.7 Å². The molecule has 2 aromatic rings. The van der Waals surface area contributed by atoms with Crippen LogP contribution in [0.1, 0.15) is 49.0 Å². The van der Waals surface area contributed by atoms with Gasteiger partial charge in [-0.2, -0.15) is 0 Å². The quantitative estimate of drug-likeness (QED) is 0.883. The van der Waals surface area contributed by atoms with Crippen LogP contribution in [-0.2, 0) is 0 Å². The molecule has 110 valence electrons. The van der Waals surface area contributed by atoms with E-state index in [9.17, 15) is 5.11 Å². The molecule has 5 nitrogen and oxygen atoms in total. The Morgan fingerprint density at radius 3 is 2.86 bits per heavy atom. The Kier molecular flexibility index (Phi) is 4.40. The van der Waals surface area contributed by atoms with Gasteiger partial charge in [0.15, 0.2) is 0 Å². The van der Waals surface area contributed by atoms with E-state index < -0.39 is 6.10 Å². The lowest BCUT2D eigenvalue weighted by atomic mass is 10.0. The van der Waals surface area contributed by atoms with Crippen LogP contribution in [0, 0.1) is 0 Å². The van der Waals surface area contributed by atoms with E-state index in [0.29, 0.717) is 18.4 Å². The van der Waals surface area contributed by atoms with Crippen LogP contribution in [0.15, 0.2) is 36.8 Å². The molecule has 0 aromatic carbocycles. The summed E-state index contributed by atoms with van der Waals surface area (Å²) in [6, 6.07) is 5.67. The number of aromatic nitrogens is 3. The average molecular weight is 284 g/mol. The molecular weight excluding hydrogens is 264 g/mol. The van der Waals surface area contributed by atoms with Gasteiger partial charge in [0.1, 0.15) is 0 Å². The van der Waals surface area contributed by atoms with E-state index in [-0.39, 0.29) is 0 Å². The number of nitrogens with one attached hydrogen (secondary N) is 1. The second-order valence-electron chi connectivity index (χ2n) is 5.47. The molecule has 1 saturated carbocycles. The molecule has 0 amide bonds. The van der Waals surface area contributed by atoms with Crippen molar-refractivity contribution < 1.29 is 5.11 Å². The molecule has 0 aliphatic heterocycles. The van der Waals surface area contributed by atoms with Crippen molar-refractivity contribution in [1.82, 2.24) is 15.0 Å². The Balaban J connectivity index is 1.61. The first-order chi connectivity index (χ1) is 10.3. The maximum absolute atomic E-state index is 10.1. The molecule has 0 saturated heterocycles. The molecule has 1 aliphatic rings. The smallest absolute Gasteiger partial charge is 0.222 e. The number of pyridine rings is 1. The van der Waals surface area contributed by atoms with Crippen LogP contribution in [0.25, 0.3) is 0 Å². The highest BCUT2D eigenvalue weighted by molar-refractivity contribution is 5.28. The van der Waals surface area contributed by atoms with E-state index in [1.54, 1.807) is 18.6 Å². The predicted molar refractivity (Wildman–Crippen MR) is 80.9 cm³/mol. The lowest BCUT2D eigenvalue weighted by molar-refractivity contribution is 0.191. The van der Waals surface area contributed by atoms with Crippen molar-refractivity contribution in [3.05, 3.63) is 48.0 Å². The molecule has 2 heterocycles. The van der Waals surface area contributed by atoms with E-state index in [1.165, 1.54) is 25.7 Å². The van der Waals surface area contributed by atoms with Crippen LogP contribution in [-0.4, -0.2) is 26.6 Å². The Morgan fingerprint density at radius 2 is 2.10 bits per heavy atom. The second kappa shape index (κ2) is 6.63. The van der Waals surface area contributed by atoms with E-state index in [2.05, 4.69) is 20.3 Å². The van der Waals surface area contributed by atoms with Gasteiger partial charge in [-0.15, -0.1) is 0 Å². The number of rotatable bonds is 5. The van der Waals surface area contributed by atoms with E-state index in [1.807, 2.05) is 18.2 Å². The van der Waals surface area contributed by atoms with Crippen molar-refractivity contribution >= 4 is 5.95 Å². The third kappa shape index (κ3) is 3.55. The number of anilines is 1. The Hall–Kier alpha value is -2.01. The Bertz CT molecular complexity index is 569. The number of nitrogens with zero attached hydrogens (tertiary/aromatic N) is 3.